The number of carbonyl (C=O) groups excluding carboxylic acids is 1. The van der Waals surface area contributed by atoms with Crippen LogP contribution in [0.4, 0.5) is 13.2 Å². The molecule has 3 saturated carbocycles. The van der Waals surface area contributed by atoms with Crippen LogP contribution in [-0.4, -0.2) is 52.2 Å². The lowest BCUT2D eigenvalue weighted by Gasteiger charge is -2.67. The minimum absolute atomic E-state index is 0.136. The van der Waals surface area contributed by atoms with Crippen molar-refractivity contribution in [1.29, 1.82) is 0 Å². The maximum Gasteiger partial charge on any atom is 0.406 e. The van der Waals surface area contributed by atoms with E-state index in [2.05, 4.69) is 0 Å². The zero-order valence-electron chi connectivity index (χ0n) is 11.4. The van der Waals surface area contributed by atoms with Crippen LogP contribution in [0.5, 0.6) is 0 Å². The van der Waals surface area contributed by atoms with Crippen LogP contribution in [0.3, 0.4) is 0 Å². The maximum atomic E-state index is 13.1. The van der Waals surface area contributed by atoms with E-state index in [-0.39, 0.29) is 25.8 Å². The highest BCUT2D eigenvalue weighted by molar-refractivity contribution is 5.94. The molecule has 3 aliphatic carbocycles. The van der Waals surface area contributed by atoms with Gasteiger partial charge in [0.2, 0.25) is 5.91 Å². The molecule has 4 rings (SSSR count). The highest BCUT2D eigenvalue weighted by Gasteiger charge is 2.76. The molecule has 6 nitrogen and oxygen atoms in total. The molecule has 1 heterocycles. The topological polar surface area (TPSA) is 94.9 Å². The Bertz CT molecular complexity index is 567. The summed E-state index contributed by atoms with van der Waals surface area (Å²) in [4.78, 5) is 35.4. The van der Waals surface area contributed by atoms with E-state index in [1.165, 1.54) is 0 Å². The van der Waals surface area contributed by atoms with Gasteiger partial charge >= 0.3 is 18.1 Å². The lowest BCUT2D eigenvalue weighted by Crippen LogP contribution is -2.70. The fraction of sp³-hybridized carbons (Fsp3) is 0.769. The molecule has 4 fully saturated rings. The number of carboxylic acid groups (broad SMARTS) is 2. The van der Waals surface area contributed by atoms with Crippen LogP contribution in [-0.2, 0) is 14.4 Å². The van der Waals surface area contributed by atoms with Crippen LogP contribution < -0.4 is 0 Å². The van der Waals surface area contributed by atoms with Gasteiger partial charge in [0.05, 0.1) is 10.8 Å². The van der Waals surface area contributed by atoms with E-state index in [4.69, 9.17) is 10.2 Å². The molecule has 1 unspecified atom stereocenters. The number of hydrogen-bond acceptors (Lipinski definition) is 3. The van der Waals surface area contributed by atoms with Crippen molar-refractivity contribution in [1.82, 2.24) is 4.90 Å². The van der Waals surface area contributed by atoms with Gasteiger partial charge in [0.15, 0.2) is 5.41 Å². The maximum absolute atomic E-state index is 13.1. The number of amides is 1. The number of hydrogen-bond donors (Lipinski definition) is 2. The smallest absolute Gasteiger partial charge is 0.406 e. The summed E-state index contributed by atoms with van der Waals surface area (Å²) in [6, 6.07) is 0. The first kappa shape index (κ1) is 15.1. The first-order valence-electron chi connectivity index (χ1n) is 6.81. The number of carboxylic acids is 2. The minimum atomic E-state index is -4.93. The molecular weight excluding hydrogens is 307 g/mol. The number of likely N-dealkylation sites (tertiary alicyclic amines) is 1. The summed E-state index contributed by atoms with van der Waals surface area (Å²) in [6.45, 7) is -1.17. The summed E-state index contributed by atoms with van der Waals surface area (Å²) in [6.07, 6.45) is -5.20. The Morgan fingerprint density at radius 3 is 1.86 bits per heavy atom. The van der Waals surface area contributed by atoms with Crippen molar-refractivity contribution in [3.63, 3.8) is 0 Å². The number of halogens is 3. The van der Waals surface area contributed by atoms with Crippen molar-refractivity contribution in [2.45, 2.75) is 31.9 Å². The standard InChI is InChI=1S/C13H14F3NO5/c14-13(15,16)12(9(21)22)1-2-17(6-12)7(18)10-3-11(4-10,5-10)8(19)20/h1-6H2,(H,19,20)(H,21,22). The molecule has 1 amide bonds. The average Bonchev–Trinajstić information content (AvgIpc) is 2.69. The molecule has 1 aliphatic heterocycles. The van der Waals surface area contributed by atoms with E-state index in [1.54, 1.807) is 0 Å². The van der Waals surface area contributed by atoms with Gasteiger partial charge in [-0.3, -0.25) is 14.4 Å². The van der Waals surface area contributed by atoms with Crippen molar-refractivity contribution in [3.05, 3.63) is 0 Å². The van der Waals surface area contributed by atoms with Crippen molar-refractivity contribution in [3.8, 4) is 0 Å². The summed E-state index contributed by atoms with van der Waals surface area (Å²) in [5.41, 5.74) is -4.71. The Hall–Kier alpha value is -1.80. The summed E-state index contributed by atoms with van der Waals surface area (Å²) in [5.74, 6) is -3.50. The number of alkyl halides is 3. The van der Waals surface area contributed by atoms with Gasteiger partial charge in [-0.15, -0.1) is 0 Å². The normalized spacial score (nSPS) is 39.9. The lowest BCUT2D eigenvalue weighted by atomic mass is 9.34. The predicted molar refractivity (Wildman–Crippen MR) is 63.7 cm³/mol. The average molecular weight is 321 g/mol. The first-order chi connectivity index (χ1) is 9.98. The molecule has 1 saturated heterocycles. The lowest BCUT2D eigenvalue weighted by molar-refractivity contribution is -0.232. The number of nitrogens with zero attached hydrogens (tertiary/aromatic N) is 1. The monoisotopic (exact) mass is 321 g/mol. The molecule has 2 N–H and O–H groups in total. The van der Waals surface area contributed by atoms with Crippen molar-refractivity contribution in [2.24, 2.45) is 16.2 Å². The molecule has 0 aromatic rings. The first-order valence-corrected chi connectivity index (χ1v) is 6.81. The molecule has 122 valence electrons. The largest absolute Gasteiger partial charge is 0.481 e. The van der Waals surface area contributed by atoms with E-state index >= 15 is 0 Å². The third kappa shape index (κ3) is 1.59. The number of carbonyl (C=O) groups is 3. The van der Waals surface area contributed by atoms with E-state index in [1.807, 2.05) is 0 Å². The van der Waals surface area contributed by atoms with Crippen molar-refractivity contribution in [2.75, 3.05) is 13.1 Å². The number of aliphatic carboxylic acids is 2. The molecule has 9 heteroatoms. The van der Waals surface area contributed by atoms with Gasteiger partial charge in [-0.05, 0) is 25.7 Å². The second kappa shape index (κ2) is 3.94. The Morgan fingerprint density at radius 1 is 0.955 bits per heavy atom. The van der Waals surface area contributed by atoms with Gasteiger partial charge in [-0.1, -0.05) is 0 Å². The van der Waals surface area contributed by atoms with Crippen molar-refractivity contribution < 1.29 is 37.8 Å². The van der Waals surface area contributed by atoms with Crippen LogP contribution in [0.25, 0.3) is 0 Å². The molecular formula is C13H14F3NO5. The van der Waals surface area contributed by atoms with Gasteiger partial charge in [-0.2, -0.15) is 13.2 Å². The third-order valence-electron chi connectivity index (χ3n) is 5.45. The fourth-order valence-corrected chi connectivity index (χ4v) is 4.09. The van der Waals surface area contributed by atoms with Crippen LogP contribution in [0.1, 0.15) is 25.7 Å². The quantitative estimate of drug-likeness (QED) is 0.812. The highest BCUT2D eigenvalue weighted by atomic mass is 19.4. The van der Waals surface area contributed by atoms with Gasteiger partial charge < -0.3 is 15.1 Å². The molecule has 1 atom stereocenters. The van der Waals surface area contributed by atoms with Gasteiger partial charge in [0, 0.05) is 13.1 Å². The molecule has 0 aromatic carbocycles. The van der Waals surface area contributed by atoms with Crippen LogP contribution in [0.15, 0.2) is 0 Å². The van der Waals surface area contributed by atoms with E-state index < -0.39 is 53.2 Å². The summed E-state index contributed by atoms with van der Waals surface area (Å²) >= 11 is 0. The van der Waals surface area contributed by atoms with Crippen molar-refractivity contribution >= 4 is 17.8 Å². The molecule has 4 aliphatic rings. The van der Waals surface area contributed by atoms with E-state index in [0.717, 1.165) is 4.90 Å². The Labute approximate surface area is 122 Å². The second-order valence-corrected chi connectivity index (χ2v) is 6.76. The SMILES string of the molecule is O=C(O)C12CC(C(=O)N3CCC(C(=O)O)(C(F)(F)F)C3)(C1)C2. The van der Waals surface area contributed by atoms with Crippen LogP contribution >= 0.6 is 0 Å². The third-order valence-corrected chi connectivity index (χ3v) is 5.45. The van der Waals surface area contributed by atoms with E-state index in [0.29, 0.717) is 0 Å². The molecule has 0 spiro atoms. The molecule has 2 bridgehead atoms. The summed E-state index contributed by atoms with van der Waals surface area (Å²) in [7, 11) is 0. The Morgan fingerprint density at radius 2 is 1.50 bits per heavy atom. The molecule has 0 aromatic heterocycles. The minimum Gasteiger partial charge on any atom is -0.481 e. The zero-order chi connectivity index (χ0) is 16.6. The number of rotatable bonds is 3. The predicted octanol–water partition coefficient (Wildman–Crippen LogP) is 1.11. The Balaban J connectivity index is 1.73. The van der Waals surface area contributed by atoms with Gasteiger partial charge in [0.1, 0.15) is 0 Å². The Kier molecular flexibility index (Phi) is 2.70. The van der Waals surface area contributed by atoms with Gasteiger partial charge in [0.25, 0.3) is 0 Å². The van der Waals surface area contributed by atoms with E-state index in [9.17, 15) is 27.6 Å². The summed E-state index contributed by atoms with van der Waals surface area (Å²) < 4.78 is 39.2. The zero-order valence-corrected chi connectivity index (χ0v) is 11.4. The highest BCUT2D eigenvalue weighted by Crippen LogP contribution is 2.74. The van der Waals surface area contributed by atoms with Crippen LogP contribution in [0.2, 0.25) is 0 Å². The van der Waals surface area contributed by atoms with Gasteiger partial charge in [-0.25, -0.2) is 0 Å². The van der Waals surface area contributed by atoms with Crippen LogP contribution in [0, 0.1) is 16.2 Å². The fourth-order valence-electron chi connectivity index (χ4n) is 4.09. The molecule has 0 radical (unpaired) electrons. The summed E-state index contributed by atoms with van der Waals surface area (Å²) in [5, 5.41) is 18.0. The second-order valence-electron chi connectivity index (χ2n) is 6.76. The molecule has 22 heavy (non-hydrogen) atoms.